The summed E-state index contributed by atoms with van der Waals surface area (Å²) >= 11 is 11.9. The van der Waals surface area contributed by atoms with Crippen molar-refractivity contribution in [3.8, 4) is 34.3 Å². The van der Waals surface area contributed by atoms with Crippen LogP contribution in [0, 0.1) is 0 Å². The third-order valence-electron chi connectivity index (χ3n) is 7.96. The van der Waals surface area contributed by atoms with Crippen molar-refractivity contribution in [1.82, 2.24) is 19.1 Å². The van der Waals surface area contributed by atoms with Gasteiger partial charge >= 0.3 is 6.09 Å². The highest BCUT2D eigenvalue weighted by Crippen LogP contribution is 2.38. The van der Waals surface area contributed by atoms with Gasteiger partial charge in [0.15, 0.2) is 11.6 Å². The second-order valence-corrected chi connectivity index (χ2v) is 13.1. The average molecular weight is 816 g/mol. The molecule has 4 aliphatic heterocycles. The molecule has 0 N–H and O–H groups in total. The van der Waals surface area contributed by atoms with Gasteiger partial charge in [-0.3, -0.25) is 4.90 Å². The molecule has 2 saturated heterocycles. The summed E-state index contributed by atoms with van der Waals surface area (Å²) < 4.78 is 79.6. The molecule has 0 aliphatic carbocycles. The van der Waals surface area contributed by atoms with Crippen molar-refractivity contribution < 1.29 is 41.3 Å². The molecule has 0 unspecified atom stereocenters. The Labute approximate surface area is 292 Å². The van der Waals surface area contributed by atoms with Gasteiger partial charge in [-0.25, -0.2) is 37.2 Å². The van der Waals surface area contributed by atoms with Crippen molar-refractivity contribution in [1.29, 1.82) is 0 Å². The molecule has 2 fully saturated rings. The Morgan fingerprint density at radius 3 is 1.73 bits per heavy atom. The van der Waals surface area contributed by atoms with Crippen LogP contribution >= 0.6 is 44.1 Å². The van der Waals surface area contributed by atoms with Crippen LogP contribution in [0.15, 0.2) is 57.7 Å². The predicted molar refractivity (Wildman–Crippen MR) is 176 cm³/mol. The maximum atomic E-state index is 13.2. The van der Waals surface area contributed by atoms with E-state index in [1.165, 1.54) is 4.90 Å². The number of thiocarbonyl (C=S) groups is 1. The van der Waals surface area contributed by atoms with Crippen LogP contribution in [0.25, 0.3) is 22.8 Å². The number of carbonyl (C=O) groups is 1. The molecule has 2 aromatic heterocycles. The number of alkyl halides is 4. The van der Waals surface area contributed by atoms with Gasteiger partial charge in [-0.15, -0.1) is 0 Å². The Balaban J connectivity index is 0.000000152. The normalized spacial score (nSPS) is 19.6. The highest BCUT2D eigenvalue weighted by molar-refractivity contribution is 9.10. The molecule has 18 heteroatoms. The van der Waals surface area contributed by atoms with Crippen LogP contribution in [-0.4, -0.2) is 81.7 Å². The number of amides is 1. The SMILES string of the molecule is FC(F)[C@@H]1COC(=S)N1c1cn2c(n1)-c1ccc(Br)cc1OCC2.O=C1OC[C@@H](C(F)F)N1c1cn2c(n1)-c1ccc(Br)cc1OCC2. The monoisotopic (exact) mass is 814 g/mol. The molecule has 0 radical (unpaired) electrons. The minimum atomic E-state index is -2.70. The fourth-order valence-electron chi connectivity index (χ4n) is 5.69. The largest absolute Gasteiger partial charge is 0.491 e. The van der Waals surface area contributed by atoms with Crippen LogP contribution in [0.2, 0.25) is 0 Å². The molecule has 11 nitrogen and oxygen atoms in total. The maximum absolute atomic E-state index is 13.2. The zero-order chi connectivity index (χ0) is 33.7. The summed E-state index contributed by atoms with van der Waals surface area (Å²) in [5.41, 5.74) is 1.55. The molecule has 6 heterocycles. The molecule has 0 bridgehead atoms. The lowest BCUT2D eigenvalue weighted by Gasteiger charge is -2.19. The first-order valence-electron chi connectivity index (χ1n) is 14.6. The van der Waals surface area contributed by atoms with Gasteiger partial charge in [0.05, 0.1) is 24.2 Å². The topological polar surface area (TPSA) is 96.1 Å². The fraction of sp³-hybridized carbons (Fsp3) is 0.333. The lowest BCUT2D eigenvalue weighted by atomic mass is 10.2. The van der Waals surface area contributed by atoms with Crippen molar-refractivity contribution in [3.63, 3.8) is 0 Å². The first-order chi connectivity index (χ1) is 23.1. The van der Waals surface area contributed by atoms with Gasteiger partial charge in [0.1, 0.15) is 61.7 Å². The lowest BCUT2D eigenvalue weighted by Crippen LogP contribution is -2.38. The van der Waals surface area contributed by atoms with E-state index in [4.69, 9.17) is 31.2 Å². The van der Waals surface area contributed by atoms with E-state index in [0.717, 1.165) is 25.0 Å². The number of imidazole rings is 2. The third kappa shape index (κ3) is 6.09. The number of benzene rings is 2. The smallest absolute Gasteiger partial charge is 0.416 e. The Morgan fingerprint density at radius 1 is 0.729 bits per heavy atom. The first-order valence-corrected chi connectivity index (χ1v) is 16.6. The second-order valence-electron chi connectivity index (χ2n) is 10.9. The summed E-state index contributed by atoms with van der Waals surface area (Å²) in [6, 6.07) is 8.71. The highest BCUT2D eigenvalue weighted by atomic mass is 79.9. The fourth-order valence-corrected chi connectivity index (χ4v) is 6.66. The van der Waals surface area contributed by atoms with Gasteiger partial charge in [0.25, 0.3) is 18.0 Å². The number of hydrogen-bond donors (Lipinski definition) is 0. The van der Waals surface area contributed by atoms with E-state index in [2.05, 4.69) is 41.8 Å². The number of cyclic esters (lactones) is 1. The van der Waals surface area contributed by atoms with Gasteiger partial charge in [0.2, 0.25) is 0 Å². The Bertz CT molecular complexity index is 1760. The van der Waals surface area contributed by atoms with Crippen molar-refractivity contribution in [3.05, 3.63) is 57.7 Å². The van der Waals surface area contributed by atoms with E-state index in [1.807, 2.05) is 41.0 Å². The minimum absolute atomic E-state index is 0.0286. The summed E-state index contributed by atoms with van der Waals surface area (Å²) in [5.74, 6) is 3.10. The summed E-state index contributed by atoms with van der Waals surface area (Å²) in [5, 5.41) is 0.0286. The van der Waals surface area contributed by atoms with Crippen LogP contribution in [0.1, 0.15) is 0 Å². The number of ether oxygens (including phenoxy) is 4. The van der Waals surface area contributed by atoms with Crippen molar-refractivity contribution >= 4 is 67.0 Å². The summed E-state index contributed by atoms with van der Waals surface area (Å²) in [7, 11) is 0. The molecule has 1 amide bonds. The molecular formula is C30H24Br2F4N6O5S. The van der Waals surface area contributed by atoms with Crippen LogP contribution in [0.5, 0.6) is 11.5 Å². The van der Waals surface area contributed by atoms with Crippen molar-refractivity contribution in [2.45, 2.75) is 38.0 Å². The van der Waals surface area contributed by atoms with Crippen LogP contribution < -0.4 is 19.3 Å². The quantitative estimate of drug-likeness (QED) is 0.164. The molecule has 252 valence electrons. The number of nitrogens with zero attached hydrogens (tertiary/aromatic N) is 6. The number of rotatable bonds is 4. The van der Waals surface area contributed by atoms with E-state index < -0.39 is 31.0 Å². The highest BCUT2D eigenvalue weighted by Gasteiger charge is 2.42. The molecule has 0 spiro atoms. The molecule has 0 saturated carbocycles. The molecule has 2 aromatic carbocycles. The number of carbonyl (C=O) groups excluding carboxylic acids is 1. The van der Waals surface area contributed by atoms with Crippen molar-refractivity contribution in [2.24, 2.45) is 0 Å². The molecule has 4 aromatic rings. The molecule has 8 rings (SSSR count). The number of hydrogen-bond acceptors (Lipinski definition) is 8. The number of anilines is 2. The number of halogens is 6. The third-order valence-corrected chi connectivity index (χ3v) is 9.26. The second kappa shape index (κ2) is 13.2. The van der Waals surface area contributed by atoms with Crippen LogP contribution in [0.4, 0.5) is 34.0 Å². The predicted octanol–water partition coefficient (Wildman–Crippen LogP) is 6.76. The summed E-state index contributed by atoms with van der Waals surface area (Å²) in [6.07, 6.45) is -2.78. The summed E-state index contributed by atoms with van der Waals surface area (Å²) in [4.78, 5) is 23.0. The minimum Gasteiger partial charge on any atom is -0.491 e. The number of fused-ring (bicyclic) bond motifs is 6. The van der Waals surface area contributed by atoms with Crippen LogP contribution in [-0.2, 0) is 22.6 Å². The maximum Gasteiger partial charge on any atom is 0.416 e. The van der Waals surface area contributed by atoms with Gasteiger partial charge in [-0.2, -0.15) is 0 Å². The van der Waals surface area contributed by atoms with E-state index in [1.54, 1.807) is 17.0 Å². The lowest BCUT2D eigenvalue weighted by molar-refractivity contribution is 0.104. The molecular weight excluding hydrogens is 792 g/mol. The summed E-state index contributed by atoms with van der Waals surface area (Å²) in [6.45, 7) is 1.46. The van der Waals surface area contributed by atoms with Gasteiger partial charge in [-0.1, -0.05) is 31.9 Å². The van der Waals surface area contributed by atoms with E-state index >= 15 is 0 Å². The van der Waals surface area contributed by atoms with E-state index in [0.29, 0.717) is 55.3 Å². The molecule has 2 atom stereocenters. The van der Waals surface area contributed by atoms with E-state index in [9.17, 15) is 22.4 Å². The zero-order valence-corrected chi connectivity index (χ0v) is 28.6. The molecule has 48 heavy (non-hydrogen) atoms. The van der Waals surface area contributed by atoms with E-state index in [-0.39, 0.29) is 24.2 Å². The Morgan fingerprint density at radius 2 is 1.21 bits per heavy atom. The Kier molecular flexibility index (Phi) is 8.97. The van der Waals surface area contributed by atoms with Gasteiger partial charge < -0.3 is 28.1 Å². The zero-order valence-electron chi connectivity index (χ0n) is 24.6. The average Bonchev–Trinajstić information content (AvgIpc) is 3.80. The standard InChI is InChI=1S/C15H12BrF2N3O3.C15H12BrF2N3O2S/c16-8-1-2-9-11(5-8)23-4-3-20-6-12(19-14(9)20)21-10(13(17)18)7-24-15(21)22;16-8-1-2-9-11(5-8)22-4-3-20-6-12(19-14(9)20)21-10(13(17)18)7-23-15(21)24/h2*1-2,5-6,10,13H,3-4,7H2/t2*10-/m00/s1. The van der Waals surface area contributed by atoms with Crippen molar-refractivity contribution in [2.75, 3.05) is 36.2 Å². The molecule has 4 aliphatic rings. The number of aromatic nitrogens is 4. The Hall–Kier alpha value is -3.90. The first kappa shape index (κ1) is 32.6. The van der Waals surface area contributed by atoms with Gasteiger partial charge in [0, 0.05) is 21.3 Å². The van der Waals surface area contributed by atoms with Gasteiger partial charge in [-0.05, 0) is 48.6 Å². The van der Waals surface area contributed by atoms with Crippen LogP contribution in [0.3, 0.4) is 0 Å².